The molecule has 2 aliphatic carbocycles. The third kappa shape index (κ3) is 3.04. The summed E-state index contributed by atoms with van der Waals surface area (Å²) in [4.78, 5) is 11.9. The van der Waals surface area contributed by atoms with Crippen LogP contribution in [0.1, 0.15) is 25.7 Å². The van der Waals surface area contributed by atoms with Crippen LogP contribution in [0.25, 0.3) is 0 Å². The Morgan fingerprint density at radius 3 is 2.80 bits per heavy atom. The number of hydrogen-bond acceptors (Lipinski definition) is 2. The molecule has 5 heteroatoms. The van der Waals surface area contributed by atoms with Gasteiger partial charge in [0.2, 0.25) is 0 Å². The SMILES string of the molecule is O=C(COc1ccc(Cl)cc1Cl)N[C@H]1C[C@H]2CC[C@H]1C2. The summed E-state index contributed by atoms with van der Waals surface area (Å²) in [5.41, 5.74) is 0. The van der Waals surface area contributed by atoms with Crippen LogP contribution in [0.5, 0.6) is 5.75 Å². The lowest BCUT2D eigenvalue weighted by atomic mass is 9.95. The van der Waals surface area contributed by atoms with Crippen LogP contribution in [0, 0.1) is 11.8 Å². The maximum absolute atomic E-state index is 11.9. The van der Waals surface area contributed by atoms with E-state index >= 15 is 0 Å². The van der Waals surface area contributed by atoms with Gasteiger partial charge in [-0.05, 0) is 49.3 Å². The first-order chi connectivity index (χ1) is 9.61. The fourth-order valence-electron chi connectivity index (χ4n) is 3.41. The van der Waals surface area contributed by atoms with Crippen molar-refractivity contribution in [3.8, 4) is 5.75 Å². The Morgan fingerprint density at radius 2 is 2.15 bits per heavy atom. The predicted molar refractivity (Wildman–Crippen MR) is 79.3 cm³/mol. The molecule has 0 aliphatic heterocycles. The second-order valence-electron chi connectivity index (χ2n) is 5.71. The fraction of sp³-hybridized carbons (Fsp3) is 0.533. The van der Waals surface area contributed by atoms with Crippen molar-refractivity contribution in [1.82, 2.24) is 5.32 Å². The predicted octanol–water partition coefficient (Wildman–Crippen LogP) is 3.68. The number of amides is 1. The van der Waals surface area contributed by atoms with Gasteiger partial charge in [-0.2, -0.15) is 0 Å². The van der Waals surface area contributed by atoms with Crippen LogP contribution in [0.4, 0.5) is 0 Å². The molecule has 3 nitrogen and oxygen atoms in total. The zero-order chi connectivity index (χ0) is 14.1. The van der Waals surface area contributed by atoms with Gasteiger partial charge in [-0.15, -0.1) is 0 Å². The van der Waals surface area contributed by atoms with E-state index in [0.29, 0.717) is 27.8 Å². The first-order valence-electron chi connectivity index (χ1n) is 6.99. The molecule has 0 saturated heterocycles. The molecule has 0 aromatic heterocycles. The highest BCUT2D eigenvalue weighted by Gasteiger charge is 2.40. The van der Waals surface area contributed by atoms with E-state index in [2.05, 4.69) is 5.32 Å². The quantitative estimate of drug-likeness (QED) is 0.921. The van der Waals surface area contributed by atoms with Crippen LogP contribution in [-0.4, -0.2) is 18.6 Å². The summed E-state index contributed by atoms with van der Waals surface area (Å²) in [5.74, 6) is 1.90. The Balaban J connectivity index is 1.49. The number of fused-ring (bicyclic) bond motifs is 2. The molecular weight excluding hydrogens is 297 g/mol. The first-order valence-corrected chi connectivity index (χ1v) is 7.74. The second-order valence-corrected chi connectivity index (χ2v) is 6.56. The molecule has 1 aromatic carbocycles. The van der Waals surface area contributed by atoms with Crippen LogP contribution in [0.2, 0.25) is 10.0 Å². The van der Waals surface area contributed by atoms with Crippen molar-refractivity contribution in [3.05, 3.63) is 28.2 Å². The third-order valence-corrected chi connectivity index (χ3v) is 4.87. The average Bonchev–Trinajstić information content (AvgIpc) is 3.00. The number of halogens is 2. The van der Waals surface area contributed by atoms with Crippen LogP contribution in [0.3, 0.4) is 0 Å². The van der Waals surface area contributed by atoms with Gasteiger partial charge in [0.05, 0.1) is 5.02 Å². The molecule has 20 heavy (non-hydrogen) atoms. The molecule has 2 saturated carbocycles. The highest BCUT2D eigenvalue weighted by atomic mass is 35.5. The van der Waals surface area contributed by atoms with Crippen LogP contribution in [0.15, 0.2) is 18.2 Å². The van der Waals surface area contributed by atoms with Crippen molar-refractivity contribution in [2.45, 2.75) is 31.7 Å². The number of rotatable bonds is 4. The van der Waals surface area contributed by atoms with Crippen molar-refractivity contribution in [1.29, 1.82) is 0 Å². The molecule has 0 heterocycles. The normalized spacial score (nSPS) is 27.6. The highest BCUT2D eigenvalue weighted by molar-refractivity contribution is 6.35. The van der Waals surface area contributed by atoms with Crippen molar-refractivity contribution < 1.29 is 9.53 Å². The molecule has 1 N–H and O–H groups in total. The minimum absolute atomic E-state index is 0.00472. The molecule has 1 aromatic rings. The molecule has 0 unspecified atom stereocenters. The number of ether oxygens (including phenoxy) is 1. The lowest BCUT2D eigenvalue weighted by Crippen LogP contribution is -2.40. The molecule has 2 fully saturated rings. The van der Waals surface area contributed by atoms with Gasteiger partial charge in [0, 0.05) is 11.1 Å². The van der Waals surface area contributed by atoms with E-state index in [-0.39, 0.29) is 12.5 Å². The van der Waals surface area contributed by atoms with E-state index in [0.717, 1.165) is 12.3 Å². The topological polar surface area (TPSA) is 38.3 Å². The largest absolute Gasteiger partial charge is 0.482 e. The molecule has 108 valence electrons. The van der Waals surface area contributed by atoms with E-state index in [1.807, 2.05) is 0 Å². The molecule has 3 rings (SSSR count). The lowest BCUT2D eigenvalue weighted by Gasteiger charge is -2.22. The minimum Gasteiger partial charge on any atom is -0.482 e. The standard InChI is InChI=1S/C15H17Cl2NO2/c16-11-3-4-14(12(17)7-11)20-8-15(19)18-13-6-9-1-2-10(13)5-9/h3-4,7,9-10,13H,1-2,5-6,8H2,(H,18,19)/t9-,10-,13-/m0/s1. The van der Waals surface area contributed by atoms with Crippen LogP contribution < -0.4 is 10.1 Å². The Bertz CT molecular complexity index is 521. The number of carbonyl (C=O) groups is 1. The van der Waals surface area contributed by atoms with Gasteiger partial charge in [0.1, 0.15) is 5.75 Å². The van der Waals surface area contributed by atoms with E-state index in [9.17, 15) is 4.79 Å². The summed E-state index contributed by atoms with van der Waals surface area (Å²) in [7, 11) is 0. The van der Waals surface area contributed by atoms with Gasteiger partial charge in [-0.25, -0.2) is 0 Å². The summed E-state index contributed by atoms with van der Waals surface area (Å²) in [6.07, 6.45) is 4.97. The molecule has 0 spiro atoms. The van der Waals surface area contributed by atoms with E-state index < -0.39 is 0 Å². The Hall–Kier alpha value is -0.930. The molecule has 0 radical (unpaired) electrons. The summed E-state index contributed by atoms with van der Waals surface area (Å²) in [6, 6.07) is 5.31. The van der Waals surface area contributed by atoms with Gasteiger partial charge >= 0.3 is 0 Å². The van der Waals surface area contributed by atoms with E-state index in [4.69, 9.17) is 27.9 Å². The van der Waals surface area contributed by atoms with Gasteiger partial charge in [0.15, 0.2) is 6.61 Å². The zero-order valence-electron chi connectivity index (χ0n) is 11.1. The second kappa shape index (κ2) is 5.82. The van der Waals surface area contributed by atoms with Gasteiger partial charge < -0.3 is 10.1 Å². The zero-order valence-corrected chi connectivity index (χ0v) is 12.6. The van der Waals surface area contributed by atoms with Gasteiger partial charge in [-0.1, -0.05) is 29.6 Å². The monoisotopic (exact) mass is 313 g/mol. The van der Waals surface area contributed by atoms with Crippen molar-refractivity contribution in [2.75, 3.05) is 6.61 Å². The number of hydrogen-bond donors (Lipinski definition) is 1. The van der Waals surface area contributed by atoms with Crippen LogP contribution >= 0.6 is 23.2 Å². The number of benzene rings is 1. The summed E-state index contributed by atoms with van der Waals surface area (Å²) in [5, 5.41) is 4.05. The summed E-state index contributed by atoms with van der Waals surface area (Å²) >= 11 is 11.8. The molecule has 2 aliphatic rings. The maximum atomic E-state index is 11.9. The first kappa shape index (κ1) is 14.0. The third-order valence-electron chi connectivity index (χ3n) is 4.34. The lowest BCUT2D eigenvalue weighted by molar-refractivity contribution is -0.124. The summed E-state index contributed by atoms with van der Waals surface area (Å²) in [6.45, 7) is -0.00472. The molecule has 3 atom stereocenters. The van der Waals surface area contributed by atoms with Crippen molar-refractivity contribution in [2.24, 2.45) is 11.8 Å². The summed E-state index contributed by atoms with van der Waals surface area (Å²) < 4.78 is 5.44. The van der Waals surface area contributed by atoms with E-state index in [1.54, 1.807) is 18.2 Å². The highest BCUT2D eigenvalue weighted by Crippen LogP contribution is 2.44. The molecular formula is C15H17Cl2NO2. The Morgan fingerprint density at radius 1 is 1.30 bits per heavy atom. The van der Waals surface area contributed by atoms with Gasteiger partial charge in [0.25, 0.3) is 5.91 Å². The smallest absolute Gasteiger partial charge is 0.258 e. The Labute approximate surface area is 128 Å². The number of carbonyl (C=O) groups excluding carboxylic acids is 1. The fourth-order valence-corrected chi connectivity index (χ4v) is 3.87. The van der Waals surface area contributed by atoms with Crippen molar-refractivity contribution >= 4 is 29.1 Å². The van der Waals surface area contributed by atoms with Crippen LogP contribution in [-0.2, 0) is 4.79 Å². The van der Waals surface area contributed by atoms with E-state index in [1.165, 1.54) is 19.3 Å². The number of nitrogens with one attached hydrogen (secondary N) is 1. The average molecular weight is 314 g/mol. The molecule has 1 amide bonds. The van der Waals surface area contributed by atoms with Crippen molar-refractivity contribution in [3.63, 3.8) is 0 Å². The van der Waals surface area contributed by atoms with Gasteiger partial charge in [-0.3, -0.25) is 4.79 Å². The minimum atomic E-state index is -0.0754. The maximum Gasteiger partial charge on any atom is 0.258 e. The Kier molecular flexibility index (Phi) is 4.08. The molecule has 2 bridgehead atoms.